The molecule has 118 valence electrons. The topological polar surface area (TPSA) is 28.3 Å². The number of fused-ring (bicyclic) bond motifs is 4. The molecular weight excluding hydrogens is 293 g/mol. The number of nitrogens with one attached hydrogen (secondary N) is 1. The monoisotopic (exact) mass is 310 g/mol. The number of rotatable bonds is 1. The molecule has 0 bridgehead atoms. The van der Waals surface area contributed by atoms with Crippen LogP contribution < -0.4 is 4.74 Å². The van der Waals surface area contributed by atoms with Gasteiger partial charge in [-0.3, -0.25) is 4.90 Å². The van der Waals surface area contributed by atoms with E-state index in [2.05, 4.69) is 14.6 Å². The third kappa shape index (κ3) is 2.35. The minimum atomic E-state index is -4.66. The number of benzene rings is 1. The second kappa shape index (κ2) is 4.91. The van der Waals surface area contributed by atoms with Gasteiger partial charge in [-0.05, 0) is 43.5 Å². The van der Waals surface area contributed by atoms with Crippen molar-refractivity contribution in [3.63, 3.8) is 0 Å². The van der Waals surface area contributed by atoms with Crippen LogP contribution in [0.3, 0.4) is 0 Å². The Bertz CT molecular complexity index is 707. The van der Waals surface area contributed by atoms with Crippen molar-refractivity contribution in [1.82, 2.24) is 9.88 Å². The van der Waals surface area contributed by atoms with Gasteiger partial charge in [0.1, 0.15) is 5.75 Å². The van der Waals surface area contributed by atoms with Crippen LogP contribution in [-0.2, 0) is 12.8 Å². The van der Waals surface area contributed by atoms with Crippen molar-refractivity contribution in [1.29, 1.82) is 0 Å². The summed E-state index contributed by atoms with van der Waals surface area (Å²) in [5.74, 6) is -0.0889. The third-order valence-corrected chi connectivity index (χ3v) is 4.79. The van der Waals surface area contributed by atoms with E-state index in [1.807, 2.05) is 6.07 Å². The number of aromatic nitrogens is 1. The van der Waals surface area contributed by atoms with E-state index < -0.39 is 6.36 Å². The number of hydrogen-bond acceptors (Lipinski definition) is 2. The fraction of sp³-hybridized carbons (Fsp3) is 0.500. The molecule has 6 heteroatoms. The molecule has 1 aromatic heterocycles. The number of H-pyrrole nitrogens is 1. The van der Waals surface area contributed by atoms with Gasteiger partial charge in [0.05, 0.1) is 0 Å². The Balaban J connectivity index is 1.82. The highest BCUT2D eigenvalue weighted by Crippen LogP contribution is 2.38. The molecule has 1 saturated heterocycles. The Morgan fingerprint density at radius 2 is 2.09 bits per heavy atom. The molecule has 4 rings (SSSR count). The van der Waals surface area contributed by atoms with E-state index in [-0.39, 0.29) is 5.75 Å². The molecule has 1 aromatic carbocycles. The van der Waals surface area contributed by atoms with Crippen LogP contribution in [0.15, 0.2) is 18.2 Å². The second-order valence-electron chi connectivity index (χ2n) is 6.09. The first kappa shape index (κ1) is 13.9. The molecule has 2 aromatic rings. The van der Waals surface area contributed by atoms with Crippen molar-refractivity contribution >= 4 is 10.9 Å². The lowest BCUT2D eigenvalue weighted by Gasteiger charge is -2.21. The molecule has 3 nitrogen and oxygen atoms in total. The van der Waals surface area contributed by atoms with Crippen LogP contribution in [0, 0.1) is 0 Å². The number of hydrogen-bond donors (Lipinski definition) is 1. The van der Waals surface area contributed by atoms with Crippen LogP contribution >= 0.6 is 0 Å². The van der Waals surface area contributed by atoms with E-state index in [9.17, 15) is 13.2 Å². The lowest BCUT2D eigenvalue weighted by atomic mass is 10.0. The highest BCUT2D eigenvalue weighted by molar-refractivity contribution is 5.90. The molecule has 0 unspecified atom stereocenters. The summed E-state index contributed by atoms with van der Waals surface area (Å²) in [7, 11) is 0. The summed E-state index contributed by atoms with van der Waals surface area (Å²) >= 11 is 0. The zero-order valence-electron chi connectivity index (χ0n) is 12.0. The van der Waals surface area contributed by atoms with Gasteiger partial charge in [0, 0.05) is 35.6 Å². The first-order valence-corrected chi connectivity index (χ1v) is 7.63. The summed E-state index contributed by atoms with van der Waals surface area (Å²) in [4.78, 5) is 5.75. The summed E-state index contributed by atoms with van der Waals surface area (Å²) in [5.41, 5.74) is 2.80. The maximum absolute atomic E-state index is 12.7. The highest BCUT2D eigenvalue weighted by Gasteiger charge is 2.34. The molecule has 0 amide bonds. The Kier molecular flexibility index (Phi) is 3.11. The Morgan fingerprint density at radius 1 is 1.23 bits per heavy atom. The van der Waals surface area contributed by atoms with E-state index in [0.717, 1.165) is 49.1 Å². The minimum Gasteiger partial charge on any atom is -0.405 e. The van der Waals surface area contributed by atoms with Crippen LogP contribution in [0.1, 0.15) is 24.1 Å². The molecule has 3 heterocycles. The van der Waals surface area contributed by atoms with E-state index in [0.29, 0.717) is 11.4 Å². The van der Waals surface area contributed by atoms with Crippen molar-refractivity contribution in [2.24, 2.45) is 0 Å². The quantitative estimate of drug-likeness (QED) is 0.871. The third-order valence-electron chi connectivity index (χ3n) is 4.79. The predicted molar refractivity (Wildman–Crippen MR) is 77.0 cm³/mol. The van der Waals surface area contributed by atoms with Gasteiger partial charge in [-0.2, -0.15) is 0 Å². The highest BCUT2D eigenvalue weighted by atomic mass is 19.4. The van der Waals surface area contributed by atoms with Crippen LogP contribution in [0.2, 0.25) is 0 Å². The number of halogens is 3. The molecular formula is C16H17F3N2O. The Morgan fingerprint density at radius 3 is 2.91 bits per heavy atom. The molecule has 1 fully saturated rings. The van der Waals surface area contributed by atoms with E-state index in [1.165, 1.54) is 12.5 Å². The Labute approximate surface area is 126 Å². The van der Waals surface area contributed by atoms with Crippen molar-refractivity contribution in [3.8, 4) is 5.75 Å². The van der Waals surface area contributed by atoms with Crippen molar-refractivity contribution in [2.75, 3.05) is 13.1 Å². The van der Waals surface area contributed by atoms with Crippen molar-refractivity contribution in [3.05, 3.63) is 29.5 Å². The first-order valence-electron chi connectivity index (χ1n) is 7.63. The van der Waals surface area contributed by atoms with Gasteiger partial charge in [0.2, 0.25) is 0 Å². The summed E-state index contributed by atoms with van der Waals surface area (Å²) < 4.78 is 42.2. The van der Waals surface area contributed by atoms with Crippen molar-refractivity contribution in [2.45, 2.75) is 38.1 Å². The summed E-state index contributed by atoms with van der Waals surface area (Å²) in [6.07, 6.45) is -0.717. The van der Waals surface area contributed by atoms with E-state index in [4.69, 9.17) is 0 Å². The van der Waals surface area contributed by atoms with Crippen molar-refractivity contribution < 1.29 is 17.9 Å². The maximum Gasteiger partial charge on any atom is 0.573 e. The maximum atomic E-state index is 12.7. The lowest BCUT2D eigenvalue weighted by Crippen LogP contribution is -2.30. The number of aromatic amines is 1. The van der Waals surface area contributed by atoms with Gasteiger partial charge in [0.25, 0.3) is 0 Å². The molecule has 0 aliphatic carbocycles. The van der Waals surface area contributed by atoms with Gasteiger partial charge in [0.15, 0.2) is 0 Å². The lowest BCUT2D eigenvalue weighted by molar-refractivity contribution is -0.274. The minimum absolute atomic E-state index is 0.0889. The van der Waals surface area contributed by atoms with Crippen LogP contribution in [0.25, 0.3) is 10.9 Å². The second-order valence-corrected chi connectivity index (χ2v) is 6.09. The zero-order chi connectivity index (χ0) is 15.3. The molecule has 0 saturated carbocycles. The standard InChI is InChI=1S/C16H17F3N2O/c17-16(18,19)22-14-5-1-4-13-15(14)11-9-10-3-2-7-21(10)8-6-12(11)20-13/h1,4-5,10,20H,2-3,6-9H2/t10-/m0/s1. The Hall–Kier alpha value is -1.69. The predicted octanol–water partition coefficient (Wildman–Crippen LogP) is 3.63. The van der Waals surface area contributed by atoms with E-state index >= 15 is 0 Å². The number of ether oxygens (including phenoxy) is 1. The molecule has 0 radical (unpaired) electrons. The smallest absolute Gasteiger partial charge is 0.405 e. The summed E-state index contributed by atoms with van der Waals surface area (Å²) in [6.45, 7) is 2.07. The molecule has 0 spiro atoms. The average Bonchev–Trinajstić information content (AvgIpc) is 2.98. The molecule has 2 aliphatic rings. The molecule has 2 aliphatic heterocycles. The fourth-order valence-electron chi connectivity index (χ4n) is 3.90. The van der Waals surface area contributed by atoms with Gasteiger partial charge < -0.3 is 9.72 Å². The fourth-order valence-corrected chi connectivity index (χ4v) is 3.90. The number of alkyl halides is 3. The number of nitrogens with zero attached hydrogens (tertiary/aromatic N) is 1. The van der Waals surface area contributed by atoms with Gasteiger partial charge in [-0.1, -0.05) is 6.07 Å². The average molecular weight is 310 g/mol. The van der Waals surface area contributed by atoms with Crippen LogP contribution in [0.4, 0.5) is 13.2 Å². The largest absolute Gasteiger partial charge is 0.573 e. The van der Waals surface area contributed by atoms with Gasteiger partial charge >= 0.3 is 6.36 Å². The summed E-state index contributed by atoms with van der Waals surface area (Å²) in [5, 5.41) is 0.601. The zero-order valence-corrected chi connectivity index (χ0v) is 12.0. The van der Waals surface area contributed by atoms with E-state index in [1.54, 1.807) is 6.07 Å². The van der Waals surface area contributed by atoms with Crippen LogP contribution in [0.5, 0.6) is 5.75 Å². The SMILES string of the molecule is FC(F)(F)Oc1cccc2[nH]c3c(c12)C[C@@H]1CCCN1CC3. The van der Waals surface area contributed by atoms with Gasteiger partial charge in [-0.15, -0.1) is 13.2 Å². The molecule has 1 N–H and O–H groups in total. The molecule has 22 heavy (non-hydrogen) atoms. The van der Waals surface area contributed by atoms with Gasteiger partial charge in [-0.25, -0.2) is 0 Å². The molecule has 1 atom stereocenters. The summed E-state index contributed by atoms with van der Waals surface area (Å²) in [6, 6.07) is 5.27. The first-order chi connectivity index (χ1) is 10.5. The normalized spacial score (nSPS) is 22.4. The van der Waals surface area contributed by atoms with Crippen LogP contribution in [-0.4, -0.2) is 35.4 Å².